The minimum Gasteiger partial charge on any atom is -0.493 e. The van der Waals surface area contributed by atoms with Gasteiger partial charge in [-0.15, -0.1) is 0 Å². The van der Waals surface area contributed by atoms with Gasteiger partial charge in [0.05, 0.1) is 29.1 Å². The molecule has 11 heteroatoms. The molecule has 3 aromatic rings. The van der Waals surface area contributed by atoms with Crippen molar-refractivity contribution in [2.24, 2.45) is 0 Å². The maximum absolute atomic E-state index is 13.6. The Labute approximate surface area is 184 Å². The molecule has 8 nitrogen and oxygen atoms in total. The molecule has 0 bridgehead atoms. The average molecular weight is 461 g/mol. The SMILES string of the molecule is Cc1ccc(S(=O)(=O)n2c(B3OC(=O)CN(C)CC(=O)O3)cc3cc(Cl)ccc32)cc1. The number of aryl methyl sites for hydroxylation is 1. The number of nitrogens with zero attached hydrogens (tertiary/aromatic N) is 2. The summed E-state index contributed by atoms with van der Waals surface area (Å²) in [4.78, 5) is 26.0. The van der Waals surface area contributed by atoms with E-state index >= 15 is 0 Å². The molecule has 160 valence electrons. The van der Waals surface area contributed by atoms with Gasteiger partial charge >= 0.3 is 19.1 Å². The number of carbonyl (C=O) groups is 2. The zero-order chi connectivity index (χ0) is 22.3. The summed E-state index contributed by atoms with van der Waals surface area (Å²) < 4.78 is 38.8. The summed E-state index contributed by atoms with van der Waals surface area (Å²) in [6.45, 7) is 1.57. The van der Waals surface area contributed by atoms with Crippen LogP contribution in [0.15, 0.2) is 53.4 Å². The van der Waals surface area contributed by atoms with E-state index in [-0.39, 0.29) is 23.6 Å². The van der Waals surface area contributed by atoms with E-state index in [0.29, 0.717) is 15.9 Å². The number of likely N-dealkylation sites (N-methyl/N-ethyl adjacent to an activating group) is 1. The van der Waals surface area contributed by atoms with Crippen LogP contribution in [-0.4, -0.2) is 56.5 Å². The van der Waals surface area contributed by atoms with E-state index in [0.717, 1.165) is 9.54 Å². The molecule has 0 N–H and O–H groups in total. The van der Waals surface area contributed by atoms with Crippen molar-refractivity contribution >= 4 is 57.2 Å². The van der Waals surface area contributed by atoms with Gasteiger partial charge in [0.25, 0.3) is 10.0 Å². The zero-order valence-electron chi connectivity index (χ0n) is 16.7. The fourth-order valence-electron chi connectivity index (χ4n) is 3.39. The molecule has 0 amide bonds. The lowest BCUT2D eigenvalue weighted by Gasteiger charge is -2.23. The van der Waals surface area contributed by atoms with Gasteiger partial charge in [0.15, 0.2) is 0 Å². The molecule has 1 aliphatic heterocycles. The molecule has 1 aliphatic rings. The molecule has 1 aromatic heterocycles. The third-order valence-corrected chi connectivity index (χ3v) is 6.81. The number of hydrogen-bond donors (Lipinski definition) is 0. The number of aromatic nitrogens is 1. The molecule has 0 radical (unpaired) electrons. The van der Waals surface area contributed by atoms with Crippen molar-refractivity contribution in [1.82, 2.24) is 8.87 Å². The van der Waals surface area contributed by atoms with Crippen LogP contribution in [0, 0.1) is 6.92 Å². The third-order valence-electron chi connectivity index (χ3n) is 4.82. The van der Waals surface area contributed by atoms with E-state index in [9.17, 15) is 18.0 Å². The highest BCUT2D eigenvalue weighted by Crippen LogP contribution is 2.25. The van der Waals surface area contributed by atoms with Gasteiger partial charge in [-0.1, -0.05) is 29.3 Å². The fraction of sp³-hybridized carbons (Fsp3) is 0.200. The Hall–Kier alpha value is -2.82. The number of fused-ring (bicyclic) bond motifs is 1. The molecule has 2 heterocycles. The molecule has 0 unspecified atom stereocenters. The Morgan fingerprint density at radius 2 is 1.58 bits per heavy atom. The average Bonchev–Trinajstić information content (AvgIpc) is 3.05. The molecular weight excluding hydrogens is 443 g/mol. The normalized spacial score (nSPS) is 16.0. The largest absolute Gasteiger partial charge is 0.655 e. The second-order valence-electron chi connectivity index (χ2n) is 7.34. The first-order valence-corrected chi connectivity index (χ1v) is 11.2. The van der Waals surface area contributed by atoms with Gasteiger partial charge in [-0.25, -0.2) is 12.4 Å². The monoisotopic (exact) mass is 460 g/mol. The Bertz CT molecular complexity index is 1270. The number of rotatable bonds is 3. The van der Waals surface area contributed by atoms with E-state index in [1.165, 1.54) is 23.1 Å². The maximum atomic E-state index is 13.6. The lowest BCUT2D eigenvalue weighted by atomic mass is 9.84. The molecule has 0 saturated carbocycles. The van der Waals surface area contributed by atoms with Crippen LogP contribution in [0.4, 0.5) is 0 Å². The number of hydrogen-bond acceptors (Lipinski definition) is 7. The third kappa shape index (κ3) is 4.19. The van der Waals surface area contributed by atoms with Crippen LogP contribution >= 0.6 is 11.6 Å². The molecular formula is C20H18BClN2O6S. The standard InChI is InChI=1S/C20H18BClN2O6S/c1-13-3-6-16(7-4-13)31(27,28)24-17-8-5-15(22)9-14(17)10-18(24)21-29-19(25)11-23(2)12-20(26)30-21/h3-10H,11-12H2,1-2H3. The van der Waals surface area contributed by atoms with E-state index < -0.39 is 29.1 Å². The first kappa shape index (κ1) is 21.4. The quantitative estimate of drug-likeness (QED) is 0.548. The van der Waals surface area contributed by atoms with Crippen LogP contribution < -0.4 is 5.59 Å². The van der Waals surface area contributed by atoms with Crippen molar-refractivity contribution in [3.05, 3.63) is 59.1 Å². The van der Waals surface area contributed by atoms with Gasteiger partial charge in [-0.2, -0.15) is 0 Å². The molecule has 4 rings (SSSR count). The van der Waals surface area contributed by atoms with Crippen LogP contribution in [0.5, 0.6) is 0 Å². The van der Waals surface area contributed by atoms with Gasteiger partial charge in [0, 0.05) is 10.4 Å². The van der Waals surface area contributed by atoms with Crippen LogP contribution in [0.1, 0.15) is 5.56 Å². The highest BCUT2D eigenvalue weighted by molar-refractivity contribution is 7.90. The second kappa shape index (κ2) is 8.03. The summed E-state index contributed by atoms with van der Waals surface area (Å²) >= 11 is 6.09. The van der Waals surface area contributed by atoms with Crippen LogP contribution in [0.25, 0.3) is 10.9 Å². The van der Waals surface area contributed by atoms with E-state index in [4.69, 9.17) is 20.9 Å². The highest BCUT2D eigenvalue weighted by Gasteiger charge is 2.40. The molecule has 1 saturated heterocycles. The summed E-state index contributed by atoms with van der Waals surface area (Å²) in [7, 11) is -4.07. The van der Waals surface area contributed by atoms with Gasteiger partial charge in [-0.3, -0.25) is 14.5 Å². The lowest BCUT2D eigenvalue weighted by molar-refractivity contribution is -0.145. The van der Waals surface area contributed by atoms with Crippen molar-refractivity contribution in [2.45, 2.75) is 11.8 Å². The van der Waals surface area contributed by atoms with Gasteiger partial charge in [-0.05, 0) is 50.4 Å². The summed E-state index contributed by atoms with van der Waals surface area (Å²) in [5, 5.41) is 0.890. The van der Waals surface area contributed by atoms with Crippen LogP contribution in [0.2, 0.25) is 5.02 Å². The van der Waals surface area contributed by atoms with Crippen LogP contribution in [0.3, 0.4) is 0 Å². The summed E-state index contributed by atoms with van der Waals surface area (Å²) in [5.74, 6) is -1.30. The number of halogens is 1. The fourth-order valence-corrected chi connectivity index (χ4v) is 5.10. The summed E-state index contributed by atoms with van der Waals surface area (Å²) in [6, 6.07) is 12.5. The molecule has 2 aromatic carbocycles. The lowest BCUT2D eigenvalue weighted by Crippen LogP contribution is -2.50. The van der Waals surface area contributed by atoms with E-state index in [1.54, 1.807) is 37.4 Å². The Morgan fingerprint density at radius 3 is 2.19 bits per heavy atom. The topological polar surface area (TPSA) is 94.9 Å². The Kier molecular flexibility index (Phi) is 5.55. The Morgan fingerprint density at radius 1 is 0.968 bits per heavy atom. The van der Waals surface area contributed by atoms with E-state index in [1.807, 2.05) is 6.92 Å². The summed E-state index contributed by atoms with van der Waals surface area (Å²) in [6.07, 6.45) is 0. The van der Waals surface area contributed by atoms with Crippen molar-refractivity contribution in [1.29, 1.82) is 0 Å². The Balaban J connectivity index is 1.92. The first-order valence-electron chi connectivity index (χ1n) is 9.36. The molecule has 0 atom stereocenters. The number of benzene rings is 2. The van der Waals surface area contributed by atoms with Crippen molar-refractivity contribution in [2.75, 3.05) is 20.1 Å². The smallest absolute Gasteiger partial charge is 0.493 e. The van der Waals surface area contributed by atoms with Crippen LogP contribution in [-0.2, 0) is 28.9 Å². The molecule has 0 spiro atoms. The molecule has 31 heavy (non-hydrogen) atoms. The van der Waals surface area contributed by atoms with Gasteiger partial charge < -0.3 is 9.31 Å². The molecule has 1 fully saturated rings. The first-order chi connectivity index (χ1) is 14.6. The van der Waals surface area contributed by atoms with Crippen molar-refractivity contribution < 1.29 is 27.3 Å². The number of carbonyl (C=O) groups excluding carboxylic acids is 2. The van der Waals surface area contributed by atoms with Gasteiger partial charge in [0.1, 0.15) is 0 Å². The van der Waals surface area contributed by atoms with E-state index in [2.05, 4.69) is 0 Å². The zero-order valence-corrected chi connectivity index (χ0v) is 18.3. The predicted molar refractivity (Wildman–Crippen MR) is 116 cm³/mol. The van der Waals surface area contributed by atoms with Gasteiger partial charge in [0.2, 0.25) is 0 Å². The summed E-state index contributed by atoms with van der Waals surface area (Å²) in [5.41, 5.74) is 1.20. The maximum Gasteiger partial charge on any atom is 0.655 e. The minimum absolute atomic E-state index is 0.0101. The van der Waals surface area contributed by atoms with Crippen molar-refractivity contribution in [3.63, 3.8) is 0 Å². The van der Waals surface area contributed by atoms with Crippen molar-refractivity contribution in [3.8, 4) is 0 Å². The second-order valence-corrected chi connectivity index (χ2v) is 9.56. The molecule has 0 aliphatic carbocycles. The highest BCUT2D eigenvalue weighted by atomic mass is 35.5. The minimum atomic E-state index is -4.12. The predicted octanol–water partition coefficient (Wildman–Crippen LogP) is 1.57.